The molecule has 0 spiro atoms. The number of carbonyl (C=O) groups is 3. The normalized spacial score (nSPS) is 28.6. The van der Waals surface area contributed by atoms with E-state index < -0.39 is 17.3 Å². The molecule has 0 saturated heterocycles. The Bertz CT molecular complexity index is 1390. The Morgan fingerprint density at radius 1 is 0.763 bits per heavy atom. The van der Waals surface area contributed by atoms with E-state index in [-0.39, 0.29) is 35.8 Å². The van der Waals surface area contributed by atoms with E-state index in [1.807, 2.05) is 41.5 Å². The molecule has 3 fully saturated rings. The molecule has 2 N–H and O–H groups in total. The van der Waals surface area contributed by atoms with Gasteiger partial charge in [0.05, 0.1) is 6.54 Å². The van der Waals surface area contributed by atoms with Crippen LogP contribution in [0.15, 0.2) is 11.6 Å². The van der Waals surface area contributed by atoms with Crippen molar-refractivity contribution in [2.24, 2.45) is 46.3 Å². The second-order valence-electron chi connectivity index (χ2n) is 22.3. The number of hydrogen-bond donors (Lipinski definition) is 2. The maximum absolute atomic E-state index is 13.6. The molecule has 0 aromatic rings. The van der Waals surface area contributed by atoms with Crippen molar-refractivity contribution in [2.75, 3.05) is 32.7 Å². The standard InChI is InChI=1S/C50H89N3O6.4H2/c1-36(2)20-18-21-37(3)41-24-25-42-40-23-22-38-34-39(26-28-49(38,10)43(40)27-29-50(41,42)11)57-44(54)35-53(33-19-31-52-46(56)59-48(7,8)9)32-17-15-13-12-14-16-30-51-45(55)58-47(4,5)6;;;;/h22,36-37,39-43H,12-21,23-35H2,1-11H3,(H,51,55)(H,52,56);4*1H/t37-,39+,40+,41?,42?,43?,49+,50-;;;;/m1..../s1. The largest absolute Gasteiger partial charge is 0.461 e. The summed E-state index contributed by atoms with van der Waals surface area (Å²) in [5.41, 5.74) is 1.27. The highest BCUT2D eigenvalue weighted by Gasteiger charge is 2.59. The third kappa shape index (κ3) is 15.2. The molecule has 0 aliphatic heterocycles. The number of ether oxygens (including phenoxy) is 3. The number of nitrogens with zero attached hydrogens (tertiary/aromatic N) is 1. The second-order valence-corrected chi connectivity index (χ2v) is 22.3. The van der Waals surface area contributed by atoms with Gasteiger partial charge in [-0.1, -0.05) is 91.2 Å². The molecule has 9 heteroatoms. The molecule has 4 aliphatic carbocycles. The average molecular weight is 836 g/mol. The fraction of sp³-hybridized carbons (Fsp3) is 0.900. The molecule has 0 aromatic carbocycles. The highest BCUT2D eigenvalue weighted by atomic mass is 16.6. The molecule has 2 amide bonds. The molecule has 4 aliphatic rings. The van der Waals surface area contributed by atoms with E-state index in [1.54, 1.807) is 5.57 Å². The predicted molar refractivity (Wildman–Crippen MR) is 249 cm³/mol. The maximum atomic E-state index is 13.6. The van der Waals surface area contributed by atoms with Crippen LogP contribution in [0.5, 0.6) is 0 Å². The summed E-state index contributed by atoms with van der Waals surface area (Å²) in [6.45, 7) is 26.6. The highest BCUT2D eigenvalue weighted by Crippen LogP contribution is 2.67. The molecule has 4 rings (SSSR count). The summed E-state index contributed by atoms with van der Waals surface area (Å²) in [6.07, 6.45) is 22.7. The number of nitrogens with one attached hydrogen (secondary N) is 2. The molecular weight excluding hydrogens is 739 g/mol. The molecule has 0 aromatic heterocycles. The van der Waals surface area contributed by atoms with Crippen molar-refractivity contribution in [1.29, 1.82) is 0 Å². The van der Waals surface area contributed by atoms with Crippen LogP contribution in [0.25, 0.3) is 0 Å². The minimum atomic E-state index is -0.539. The van der Waals surface area contributed by atoms with Crippen molar-refractivity contribution in [3.05, 3.63) is 11.6 Å². The van der Waals surface area contributed by atoms with Crippen LogP contribution in [-0.4, -0.2) is 73.1 Å². The van der Waals surface area contributed by atoms with Crippen LogP contribution in [0.1, 0.15) is 197 Å². The third-order valence-corrected chi connectivity index (χ3v) is 14.8. The lowest BCUT2D eigenvalue weighted by Gasteiger charge is -2.58. The summed E-state index contributed by atoms with van der Waals surface area (Å²) < 4.78 is 17.0. The van der Waals surface area contributed by atoms with Crippen molar-refractivity contribution in [2.45, 2.75) is 209 Å². The Morgan fingerprint density at radius 2 is 1.37 bits per heavy atom. The van der Waals surface area contributed by atoms with Gasteiger partial charge in [-0.3, -0.25) is 9.69 Å². The van der Waals surface area contributed by atoms with Crippen LogP contribution in [-0.2, 0) is 19.0 Å². The van der Waals surface area contributed by atoms with Crippen molar-refractivity contribution in [1.82, 2.24) is 15.5 Å². The summed E-state index contributed by atoms with van der Waals surface area (Å²) in [6, 6.07) is 0. The summed E-state index contributed by atoms with van der Waals surface area (Å²) in [5.74, 6) is 4.79. The zero-order valence-electron chi connectivity index (χ0n) is 39.8. The predicted octanol–water partition coefficient (Wildman–Crippen LogP) is 13.0. The Kier molecular flexibility index (Phi) is 18.6. The van der Waals surface area contributed by atoms with Crippen LogP contribution in [0.2, 0.25) is 0 Å². The van der Waals surface area contributed by atoms with E-state index in [1.165, 1.54) is 51.4 Å². The smallest absolute Gasteiger partial charge is 0.407 e. The summed E-state index contributed by atoms with van der Waals surface area (Å²) in [5, 5.41) is 5.71. The average Bonchev–Trinajstić information content (AvgIpc) is 3.48. The van der Waals surface area contributed by atoms with Gasteiger partial charge in [-0.15, -0.1) is 0 Å². The molecule has 8 atom stereocenters. The molecule has 348 valence electrons. The van der Waals surface area contributed by atoms with E-state index >= 15 is 0 Å². The number of rotatable bonds is 21. The molecular formula is C50H97N3O6. The first-order valence-corrected chi connectivity index (χ1v) is 24.2. The van der Waals surface area contributed by atoms with Crippen molar-refractivity contribution in [3.8, 4) is 0 Å². The summed E-state index contributed by atoms with van der Waals surface area (Å²) in [7, 11) is 0. The third-order valence-electron chi connectivity index (χ3n) is 14.8. The Labute approximate surface area is 367 Å². The van der Waals surface area contributed by atoms with Crippen molar-refractivity contribution >= 4 is 18.2 Å². The minimum absolute atomic E-state index is 0. The van der Waals surface area contributed by atoms with Gasteiger partial charge in [0, 0.05) is 31.8 Å². The van der Waals surface area contributed by atoms with Crippen LogP contribution in [0.4, 0.5) is 9.59 Å². The lowest BCUT2D eigenvalue weighted by molar-refractivity contribution is -0.153. The molecule has 0 heterocycles. The number of carbonyl (C=O) groups excluding carboxylic acids is 3. The van der Waals surface area contributed by atoms with Gasteiger partial charge in [-0.2, -0.15) is 0 Å². The number of hydrogen-bond acceptors (Lipinski definition) is 7. The topological polar surface area (TPSA) is 106 Å². The first-order chi connectivity index (χ1) is 27.7. The summed E-state index contributed by atoms with van der Waals surface area (Å²) in [4.78, 5) is 39.9. The Hall–Kier alpha value is -2.29. The van der Waals surface area contributed by atoms with Crippen LogP contribution >= 0.6 is 0 Å². The maximum Gasteiger partial charge on any atom is 0.407 e. The van der Waals surface area contributed by atoms with Gasteiger partial charge in [0.2, 0.25) is 0 Å². The molecule has 3 unspecified atom stereocenters. The van der Waals surface area contributed by atoms with Gasteiger partial charge in [0.15, 0.2) is 0 Å². The monoisotopic (exact) mass is 836 g/mol. The number of unbranched alkanes of at least 4 members (excludes halogenated alkanes) is 5. The van der Waals surface area contributed by atoms with Crippen molar-refractivity contribution in [3.63, 3.8) is 0 Å². The van der Waals surface area contributed by atoms with Gasteiger partial charge >= 0.3 is 18.2 Å². The fourth-order valence-corrected chi connectivity index (χ4v) is 11.9. The lowest BCUT2D eigenvalue weighted by atomic mass is 9.47. The number of esters is 1. The molecule has 0 radical (unpaired) electrons. The molecule has 3 saturated carbocycles. The Balaban J connectivity index is 0.00000961. The summed E-state index contributed by atoms with van der Waals surface area (Å²) >= 11 is 0. The van der Waals surface area contributed by atoms with Gasteiger partial charge in [-0.05, 0) is 159 Å². The van der Waals surface area contributed by atoms with Gasteiger partial charge < -0.3 is 24.8 Å². The van der Waals surface area contributed by atoms with Crippen LogP contribution in [0, 0.1) is 46.3 Å². The zero-order valence-corrected chi connectivity index (χ0v) is 39.8. The second kappa shape index (κ2) is 22.2. The first kappa shape index (κ1) is 49.4. The van der Waals surface area contributed by atoms with E-state index in [2.05, 4.69) is 56.2 Å². The van der Waals surface area contributed by atoms with Gasteiger partial charge in [0.1, 0.15) is 17.3 Å². The van der Waals surface area contributed by atoms with E-state index in [0.717, 1.165) is 106 Å². The lowest BCUT2D eigenvalue weighted by Crippen LogP contribution is -2.51. The number of fused-ring (bicyclic) bond motifs is 5. The highest BCUT2D eigenvalue weighted by molar-refractivity contribution is 5.72. The van der Waals surface area contributed by atoms with Crippen LogP contribution < -0.4 is 10.6 Å². The van der Waals surface area contributed by atoms with E-state index in [4.69, 9.17) is 14.2 Å². The SMILES string of the molecule is CC(C)CCC[C@@H](C)C1CCC2[C@@H]3CC=C4C[C@@H](OC(=O)CN(CCCCCCCCNC(=O)OC(C)(C)C)CCCNC(=O)OC(C)(C)C)CC[C@]4(C)C3CC[C@@]21C.[HH].[HH].[HH].[HH]. The molecule has 9 nitrogen and oxygen atoms in total. The first-order valence-electron chi connectivity index (χ1n) is 24.2. The van der Waals surface area contributed by atoms with Gasteiger partial charge in [-0.25, -0.2) is 9.59 Å². The molecule has 59 heavy (non-hydrogen) atoms. The zero-order chi connectivity index (χ0) is 43.4. The van der Waals surface area contributed by atoms with E-state index in [9.17, 15) is 14.4 Å². The minimum Gasteiger partial charge on any atom is -0.461 e. The van der Waals surface area contributed by atoms with Crippen molar-refractivity contribution < 1.29 is 34.3 Å². The number of alkyl carbamates (subject to hydrolysis) is 2. The van der Waals surface area contributed by atoms with Crippen LogP contribution in [0.3, 0.4) is 0 Å². The fourth-order valence-electron chi connectivity index (χ4n) is 11.9. The van der Waals surface area contributed by atoms with E-state index in [0.29, 0.717) is 25.0 Å². The Morgan fingerprint density at radius 3 is 2.02 bits per heavy atom. The van der Waals surface area contributed by atoms with Gasteiger partial charge in [0.25, 0.3) is 0 Å². The quantitative estimate of drug-likeness (QED) is 0.0513. The molecule has 0 bridgehead atoms. The number of amides is 2. The number of allylic oxidation sites excluding steroid dienone is 1.